The molecule has 2 saturated heterocycles. The lowest BCUT2D eigenvalue weighted by Gasteiger charge is -2.35. The lowest BCUT2D eigenvalue weighted by atomic mass is 10.1. The summed E-state index contributed by atoms with van der Waals surface area (Å²) in [4.78, 5) is 0. The molecule has 0 N–H and O–H groups in total. The van der Waals surface area contributed by atoms with E-state index in [9.17, 15) is 4.21 Å². The zero-order valence-corrected chi connectivity index (χ0v) is 8.48. The molecule has 2 fully saturated rings. The molecule has 2 aliphatic rings. The third-order valence-electron chi connectivity index (χ3n) is 3.07. The second kappa shape index (κ2) is 2.74. The Labute approximate surface area is 75.1 Å². The van der Waals surface area contributed by atoms with Crippen LogP contribution in [0.3, 0.4) is 0 Å². The highest BCUT2D eigenvalue weighted by molar-refractivity contribution is 7.97. The van der Waals surface area contributed by atoms with Crippen molar-refractivity contribution < 1.29 is 4.21 Å². The first-order chi connectivity index (χ1) is 5.59. The summed E-state index contributed by atoms with van der Waals surface area (Å²) < 4.78 is 14.0. The molecule has 0 aromatic rings. The topological polar surface area (TPSA) is 20.3 Å². The second-order valence-electron chi connectivity index (χ2n) is 4.14. The molecule has 0 aromatic heterocycles. The van der Waals surface area contributed by atoms with Crippen molar-refractivity contribution in [3.05, 3.63) is 0 Å². The van der Waals surface area contributed by atoms with Gasteiger partial charge in [-0.3, -0.25) is 4.21 Å². The van der Waals surface area contributed by atoms with E-state index in [2.05, 4.69) is 10.2 Å². The number of hydrogen-bond donors (Lipinski definition) is 0. The summed E-state index contributed by atoms with van der Waals surface area (Å²) in [5.41, 5.74) is 0. The highest BCUT2D eigenvalue weighted by atomic mass is 32.2. The van der Waals surface area contributed by atoms with Gasteiger partial charge < -0.3 is 0 Å². The van der Waals surface area contributed by atoms with Crippen molar-refractivity contribution in [3.63, 3.8) is 0 Å². The number of rotatable bonds is 1. The van der Waals surface area contributed by atoms with Crippen LogP contribution in [0.25, 0.3) is 0 Å². The van der Waals surface area contributed by atoms with Gasteiger partial charge in [-0.15, -0.1) is 0 Å². The monoisotopic (exact) mass is 187 g/mol. The van der Waals surface area contributed by atoms with Crippen LogP contribution in [0.4, 0.5) is 0 Å². The van der Waals surface area contributed by atoms with Crippen molar-refractivity contribution in [2.24, 2.45) is 0 Å². The summed E-state index contributed by atoms with van der Waals surface area (Å²) in [5.74, 6) is 3.79. The average Bonchev–Trinajstić information content (AvgIpc) is 2.23. The van der Waals surface area contributed by atoms with Crippen LogP contribution >= 0.6 is 0 Å². The maximum atomic E-state index is 11.8. The average molecular weight is 187 g/mol. The SMILES string of the molecule is C=S(C)(=O)N1C2CCCC1CC2. The van der Waals surface area contributed by atoms with Crippen LogP contribution in [0.15, 0.2) is 0 Å². The number of fused-ring (bicyclic) bond motifs is 2. The molecule has 3 heteroatoms. The first kappa shape index (κ1) is 8.57. The molecule has 0 aliphatic carbocycles. The van der Waals surface area contributed by atoms with Crippen LogP contribution in [0, 0.1) is 0 Å². The van der Waals surface area contributed by atoms with Gasteiger partial charge in [-0.25, -0.2) is 4.31 Å². The van der Waals surface area contributed by atoms with E-state index in [-0.39, 0.29) is 0 Å². The normalized spacial score (nSPS) is 41.1. The summed E-state index contributed by atoms with van der Waals surface area (Å²) in [7, 11) is -1.93. The molecule has 0 amide bonds. The Morgan fingerprint density at radius 3 is 2.08 bits per heavy atom. The quantitative estimate of drug-likeness (QED) is 0.566. The van der Waals surface area contributed by atoms with Crippen molar-refractivity contribution in [2.75, 3.05) is 6.26 Å². The van der Waals surface area contributed by atoms with Crippen molar-refractivity contribution in [3.8, 4) is 0 Å². The van der Waals surface area contributed by atoms with Gasteiger partial charge in [-0.2, -0.15) is 0 Å². The molecular formula is C9H17NOS. The Hall–Kier alpha value is -0.0200. The molecule has 12 heavy (non-hydrogen) atoms. The molecule has 3 atom stereocenters. The Morgan fingerprint density at radius 1 is 1.25 bits per heavy atom. The van der Waals surface area contributed by atoms with E-state index in [0.29, 0.717) is 12.1 Å². The minimum Gasteiger partial charge on any atom is -0.253 e. The molecule has 2 heterocycles. The molecule has 0 spiro atoms. The Morgan fingerprint density at radius 2 is 1.75 bits per heavy atom. The van der Waals surface area contributed by atoms with E-state index in [4.69, 9.17) is 0 Å². The van der Waals surface area contributed by atoms with Crippen LogP contribution in [-0.2, 0) is 9.71 Å². The van der Waals surface area contributed by atoms with Gasteiger partial charge in [0.2, 0.25) is 0 Å². The molecule has 2 nitrogen and oxygen atoms in total. The fourth-order valence-electron chi connectivity index (χ4n) is 2.70. The number of hydrogen-bond acceptors (Lipinski definition) is 1. The van der Waals surface area contributed by atoms with Crippen molar-refractivity contribution in [1.29, 1.82) is 0 Å². The van der Waals surface area contributed by atoms with Crippen molar-refractivity contribution in [1.82, 2.24) is 4.31 Å². The van der Waals surface area contributed by atoms with Gasteiger partial charge in [0.1, 0.15) is 0 Å². The molecule has 70 valence electrons. The Bertz CT molecular complexity index is 254. The van der Waals surface area contributed by atoms with Gasteiger partial charge in [0.15, 0.2) is 0 Å². The fourth-order valence-corrected chi connectivity index (χ4v) is 4.38. The van der Waals surface area contributed by atoms with Crippen LogP contribution in [0.5, 0.6) is 0 Å². The van der Waals surface area contributed by atoms with E-state index in [1.54, 1.807) is 6.26 Å². The van der Waals surface area contributed by atoms with Gasteiger partial charge >= 0.3 is 0 Å². The largest absolute Gasteiger partial charge is 0.253 e. The van der Waals surface area contributed by atoms with Crippen molar-refractivity contribution in [2.45, 2.75) is 44.2 Å². The van der Waals surface area contributed by atoms with Crippen LogP contribution in [0.2, 0.25) is 0 Å². The van der Waals surface area contributed by atoms with E-state index < -0.39 is 9.71 Å². The van der Waals surface area contributed by atoms with Crippen molar-refractivity contribution >= 4 is 15.6 Å². The van der Waals surface area contributed by atoms with Gasteiger partial charge in [0, 0.05) is 28.0 Å². The maximum absolute atomic E-state index is 11.8. The predicted molar refractivity (Wildman–Crippen MR) is 53.7 cm³/mol. The highest BCUT2D eigenvalue weighted by Crippen LogP contribution is 2.36. The predicted octanol–water partition coefficient (Wildman–Crippen LogP) is 1.26. The van der Waals surface area contributed by atoms with Gasteiger partial charge in [0.05, 0.1) is 0 Å². The zero-order chi connectivity index (χ0) is 8.77. The van der Waals surface area contributed by atoms with Crippen LogP contribution in [-0.4, -0.2) is 32.7 Å². The highest BCUT2D eigenvalue weighted by Gasteiger charge is 2.39. The second-order valence-corrected chi connectivity index (χ2v) is 6.48. The summed E-state index contributed by atoms with van der Waals surface area (Å²) in [5, 5.41) is 0. The van der Waals surface area contributed by atoms with Crippen LogP contribution < -0.4 is 0 Å². The third kappa shape index (κ3) is 1.29. The zero-order valence-electron chi connectivity index (χ0n) is 7.66. The summed E-state index contributed by atoms with van der Waals surface area (Å²) in [6.45, 7) is 0. The van der Waals surface area contributed by atoms with Crippen LogP contribution in [0.1, 0.15) is 32.1 Å². The Balaban J connectivity index is 2.27. The maximum Gasteiger partial charge on any atom is 0.0250 e. The van der Waals surface area contributed by atoms with Gasteiger partial charge in [0.25, 0.3) is 0 Å². The first-order valence-corrected chi connectivity index (χ1v) is 6.79. The number of piperidine rings is 1. The molecule has 2 aliphatic heterocycles. The van der Waals surface area contributed by atoms with E-state index in [0.717, 1.165) is 0 Å². The standard InChI is InChI=1S/C9H17NOS/c1-12(2,11)10-8-4-3-5-9(10)7-6-8/h8-9H,1,3-7H2,2H3. The number of nitrogens with zero attached hydrogens (tertiary/aromatic N) is 1. The summed E-state index contributed by atoms with van der Waals surface area (Å²) >= 11 is 0. The summed E-state index contributed by atoms with van der Waals surface area (Å²) in [6.07, 6.45) is 8.05. The lowest BCUT2D eigenvalue weighted by Crippen LogP contribution is -2.43. The molecule has 0 radical (unpaired) electrons. The molecule has 0 aromatic carbocycles. The minimum absolute atomic E-state index is 0.582. The van der Waals surface area contributed by atoms with E-state index in [1.165, 1.54) is 32.1 Å². The minimum atomic E-state index is -1.93. The van der Waals surface area contributed by atoms with E-state index in [1.807, 2.05) is 0 Å². The summed E-state index contributed by atoms with van der Waals surface area (Å²) in [6, 6.07) is 1.16. The molecular weight excluding hydrogens is 170 g/mol. The lowest BCUT2D eigenvalue weighted by molar-refractivity contribution is 0.260. The first-order valence-electron chi connectivity index (χ1n) is 4.70. The van der Waals surface area contributed by atoms with E-state index >= 15 is 0 Å². The fraction of sp³-hybridized carbons (Fsp3) is 0.889. The van der Waals surface area contributed by atoms with Gasteiger partial charge in [-0.1, -0.05) is 6.42 Å². The third-order valence-corrected chi connectivity index (χ3v) is 4.56. The molecule has 2 rings (SSSR count). The smallest absolute Gasteiger partial charge is 0.0250 e. The van der Waals surface area contributed by atoms with Gasteiger partial charge in [-0.05, 0) is 31.6 Å². The molecule has 0 saturated carbocycles. The Kier molecular flexibility index (Phi) is 1.96. The molecule has 2 bridgehead atoms. The molecule has 3 unspecified atom stereocenters.